The number of aliphatic hydroxyl groups is 3. The number of quaternary nitrogens is 1. The van der Waals surface area contributed by atoms with E-state index in [0.717, 1.165) is 103 Å². The lowest BCUT2D eigenvalue weighted by Crippen LogP contribution is -2.78. The zero-order valence-corrected chi connectivity index (χ0v) is 60.8. The predicted octanol–water partition coefficient (Wildman–Crippen LogP) is 4.88. The van der Waals surface area contributed by atoms with Gasteiger partial charge in [-0.1, -0.05) is 42.5 Å². The number of carbonyl (C=O) groups excluding carboxylic acids is 4. The molecule has 5 aromatic carbocycles. The molecule has 21 atom stereocenters. The van der Waals surface area contributed by atoms with Crippen LogP contribution in [-0.4, -0.2) is 227 Å². The number of hydrogen-bond acceptors (Lipinski definition) is 23. The van der Waals surface area contributed by atoms with E-state index in [1.54, 1.807) is 49.5 Å². The van der Waals surface area contributed by atoms with Gasteiger partial charge < -0.3 is 89.3 Å². The standard InChI is InChI=1S/C18H19NO2.C17H17NO5.C17H15NO4.C17H19NO4.C16H15NO4/c1-10-3-5-12-13-9-11-4-6-14(20)16-15(11)18(12,17(10)21-16)7-8-19(13)2;1-18(22)7-6-16-13-9-2-3-10(19)14(13)23-15(16)11(20)4-5-17(16,21)12(18)8-9;19-10-2-1-9-7-12-17-4-3-11(20)15-16(17,13(9)14(10)22-15)5-6-18(12)8-21-17;1-18-7-6-16-13-9-2-3-10(19)14(13)22-15(16)11(20)4-5-17(16,21)12(18)8-9;18-9-2-1-8-7-11-16(20)4-3-10(19)14-15(16,5-6-17-11)12(8)13(9)21-14/h3-6,13,17,20H,7-9H2,1-2H3;2-5,12,15,19,21H,6-8H2,1H3;1-4,12,15,19H,5-8H2;2-3,12,15,19,21H,4-8H2,1H3;1-4,11,14,17-18,20H,5-7H2/t13-,17+,18+;12-,15+,16+,17-,18?;2*12-,15+,16+,17-;11-,14+,15+,16-/m11111/s1. The number of nitrogens with one attached hydrogen (secondary N) is 1. The van der Waals surface area contributed by atoms with Gasteiger partial charge in [-0.15, -0.1) is 0 Å². The summed E-state index contributed by atoms with van der Waals surface area (Å²) in [7, 11) is 5.85. The van der Waals surface area contributed by atoms with E-state index in [2.05, 4.69) is 52.2 Å². The number of hydrogen-bond donors (Lipinski definition) is 9. The maximum absolute atomic E-state index is 13.0. The smallest absolute Gasteiger partial charge is 0.197 e. The Hall–Kier alpha value is -8.92. The lowest BCUT2D eigenvalue weighted by molar-refractivity contribution is -0.902. The first-order valence-corrected chi connectivity index (χ1v) is 38.6. The van der Waals surface area contributed by atoms with E-state index in [9.17, 15) is 65.2 Å². The van der Waals surface area contributed by atoms with Gasteiger partial charge in [0.25, 0.3) is 0 Å². The van der Waals surface area contributed by atoms with Crippen molar-refractivity contribution < 1.29 is 93.1 Å². The number of carbonyl (C=O) groups is 4. The number of nitrogens with zero attached hydrogens (tertiary/aromatic N) is 4. The van der Waals surface area contributed by atoms with Gasteiger partial charge in [-0.3, -0.25) is 29.0 Å². The fraction of sp³-hybridized carbons (Fsp3) is 0.482. The van der Waals surface area contributed by atoms with Crippen LogP contribution in [0, 0.1) is 5.21 Å². The summed E-state index contributed by atoms with van der Waals surface area (Å²) in [6.07, 6.45) is 19.3. The summed E-state index contributed by atoms with van der Waals surface area (Å²) < 4.78 is 35.7. The first-order chi connectivity index (χ1) is 52.2. The second-order valence-corrected chi connectivity index (χ2v) is 34.9. The molecule has 5 aromatic rings. The van der Waals surface area contributed by atoms with Crippen molar-refractivity contribution in [1.29, 1.82) is 0 Å². The Kier molecular flexibility index (Phi) is 13.2. The Morgan fingerprint density at radius 2 is 1.00 bits per heavy atom. The third kappa shape index (κ3) is 7.58. The normalized spacial score (nSPS) is 42.2. The fourth-order valence-electron chi connectivity index (χ4n) is 26.3. The first kappa shape index (κ1) is 67.0. The summed E-state index contributed by atoms with van der Waals surface area (Å²) in [5.41, 5.74) is 6.16. The molecule has 9 N–H and O–H groups in total. The molecule has 1 saturated carbocycles. The number of likely N-dealkylation sites (N-methyl/N-ethyl adjacent to an activating group) is 3. The topological polar surface area (TPSA) is 330 Å². The van der Waals surface area contributed by atoms with E-state index >= 15 is 0 Å². The molecule has 6 saturated heterocycles. The predicted molar refractivity (Wildman–Crippen MR) is 388 cm³/mol. The summed E-state index contributed by atoms with van der Waals surface area (Å²) in [6, 6.07) is 17.9. The Balaban J connectivity index is 0.0000000843. The molecule has 24 heteroatoms. The molecule has 21 aliphatic rings. The third-order valence-electron chi connectivity index (χ3n) is 31.0. The highest BCUT2D eigenvalue weighted by molar-refractivity contribution is 6.01. The van der Waals surface area contributed by atoms with Crippen LogP contribution in [0.15, 0.2) is 120 Å². The maximum atomic E-state index is 13.0. The molecule has 12 bridgehead atoms. The number of hydroxylamine groups is 3. The average molecular weight is 1480 g/mol. The highest BCUT2D eigenvalue weighted by atomic mass is 16.6. The molecular weight excluding hydrogens is 1390 g/mol. The second-order valence-electron chi connectivity index (χ2n) is 34.9. The number of phenols is 5. The number of Topliss-reactive ketones (excluding diaryl/α,β-unsaturated/α-hetero) is 1. The molecular formula is C85H85N5O19. The first-order valence-electron chi connectivity index (χ1n) is 38.6. The number of benzene rings is 5. The van der Waals surface area contributed by atoms with Crippen LogP contribution >= 0.6 is 0 Å². The van der Waals surface area contributed by atoms with Crippen molar-refractivity contribution in [3.63, 3.8) is 0 Å². The minimum Gasteiger partial charge on any atom is -0.633 e. The van der Waals surface area contributed by atoms with Gasteiger partial charge in [-0.25, -0.2) is 0 Å². The van der Waals surface area contributed by atoms with E-state index in [-0.39, 0.29) is 75.8 Å². The molecule has 7 fully saturated rings. The number of aromatic hydroxyl groups is 5. The molecule has 26 rings (SSSR count). The molecule has 11 aliphatic heterocycles. The van der Waals surface area contributed by atoms with Crippen molar-refractivity contribution in [3.8, 4) is 57.5 Å². The van der Waals surface area contributed by atoms with Crippen molar-refractivity contribution in [2.45, 2.75) is 194 Å². The third-order valence-corrected chi connectivity index (χ3v) is 31.0. The minimum absolute atomic E-state index is 0.00319. The number of piperidine rings is 5. The molecule has 0 aromatic heterocycles. The van der Waals surface area contributed by atoms with E-state index in [0.29, 0.717) is 93.0 Å². The lowest BCUT2D eigenvalue weighted by atomic mass is 9.49. The van der Waals surface area contributed by atoms with Crippen LogP contribution in [0.3, 0.4) is 0 Å². The van der Waals surface area contributed by atoms with E-state index in [1.807, 2.05) is 31.3 Å². The number of allylic oxidation sites excluding steroid dienone is 2. The number of likely N-dealkylation sites (tertiary alicyclic amines) is 3. The monoisotopic (exact) mass is 1480 g/mol. The Morgan fingerprint density at radius 1 is 0.505 bits per heavy atom. The SMILES string of the molecule is CC1=CC=C2[C@H]3Cc4ccc(O)c5c4[C@@]2(CCN3C)[C@H]1O5.CN1CC[C@]23c4c5ccc(O)c4O[C@H]2C(=O)CC[C@@]3(O)[C@H]1C5.C[N+]1([O-])CC[C@]23c4c5ccc(O)c4O[C@H]2C(=O)C=C[C@@]3(O)[C@H]1C5.O=C1C=C[C@@]2(O)[C@H]3Cc4ccc(O)c5c4[C@@]2(CCN3)[C@H]1O5.O=C1C=C[C@]23OCN4CC[C@@]25c2c(ccc(O)c2O[C@@H]15)C[C@@H]43. The summed E-state index contributed by atoms with van der Waals surface area (Å²) >= 11 is 0. The molecule has 0 radical (unpaired) electrons. The average Bonchev–Trinajstić information content (AvgIpc) is 1.38. The Labute approximate surface area is 626 Å². The molecule has 109 heavy (non-hydrogen) atoms. The summed E-state index contributed by atoms with van der Waals surface area (Å²) in [4.78, 5) is 56.9. The maximum Gasteiger partial charge on any atom is 0.197 e. The van der Waals surface area contributed by atoms with E-state index in [1.165, 1.54) is 52.1 Å². The van der Waals surface area contributed by atoms with Gasteiger partial charge in [-0.05, 0) is 204 Å². The van der Waals surface area contributed by atoms with Crippen LogP contribution in [0.1, 0.15) is 108 Å². The van der Waals surface area contributed by atoms with Gasteiger partial charge in [-0.2, -0.15) is 0 Å². The zero-order valence-electron chi connectivity index (χ0n) is 60.8. The summed E-state index contributed by atoms with van der Waals surface area (Å²) in [5, 5.41) is 102. The molecule has 564 valence electrons. The van der Waals surface area contributed by atoms with E-state index in [4.69, 9.17) is 28.4 Å². The van der Waals surface area contributed by atoms with Crippen LogP contribution < -0.4 is 29.0 Å². The van der Waals surface area contributed by atoms with Gasteiger partial charge in [0.15, 0.2) is 105 Å². The molecule has 6 spiro atoms. The van der Waals surface area contributed by atoms with Crippen molar-refractivity contribution in [2.24, 2.45) is 0 Å². The molecule has 2 unspecified atom stereocenters. The number of rotatable bonds is 0. The molecule has 10 aliphatic carbocycles. The molecule has 11 heterocycles. The van der Waals surface area contributed by atoms with Gasteiger partial charge >= 0.3 is 0 Å². The largest absolute Gasteiger partial charge is 0.633 e. The van der Waals surface area contributed by atoms with Crippen LogP contribution in [0.2, 0.25) is 0 Å². The van der Waals surface area contributed by atoms with Crippen molar-refractivity contribution >= 4 is 23.1 Å². The summed E-state index contributed by atoms with van der Waals surface area (Å²) in [5.74, 6) is 2.55. The number of ether oxygens (including phenoxy) is 6. The fourth-order valence-corrected chi connectivity index (χ4v) is 26.3. The van der Waals surface area contributed by atoms with Crippen LogP contribution in [0.4, 0.5) is 0 Å². The quantitative estimate of drug-likeness (QED) is 0.0737. The van der Waals surface area contributed by atoms with Gasteiger partial charge in [0, 0.05) is 77.8 Å². The van der Waals surface area contributed by atoms with Crippen molar-refractivity contribution in [1.82, 2.24) is 20.0 Å². The number of ketones is 4. The van der Waals surface area contributed by atoms with Crippen LogP contribution in [0.5, 0.6) is 57.5 Å². The minimum atomic E-state index is -1.44. The van der Waals surface area contributed by atoms with E-state index < -0.39 is 79.2 Å². The summed E-state index contributed by atoms with van der Waals surface area (Å²) in [6.45, 7) is 6.61. The van der Waals surface area contributed by atoms with Gasteiger partial charge in [0.1, 0.15) is 35.7 Å². The van der Waals surface area contributed by atoms with Gasteiger partial charge in [0.2, 0.25) is 0 Å². The molecule has 24 nitrogen and oxygen atoms in total. The van der Waals surface area contributed by atoms with Gasteiger partial charge in [0.05, 0.1) is 46.3 Å². The second kappa shape index (κ2) is 21.4. The number of phenolic OH excluding ortho intramolecular Hbond substituents is 5. The highest BCUT2D eigenvalue weighted by Crippen LogP contribution is 2.71. The van der Waals surface area contributed by atoms with Crippen LogP contribution in [-0.2, 0) is 83.1 Å². The van der Waals surface area contributed by atoms with Crippen molar-refractivity contribution in [2.75, 3.05) is 60.6 Å². The molecule has 0 amide bonds. The highest BCUT2D eigenvalue weighted by Gasteiger charge is 2.79. The zero-order chi connectivity index (χ0) is 74.9. The Morgan fingerprint density at radius 3 is 1.63 bits per heavy atom. The van der Waals surface area contributed by atoms with Crippen LogP contribution in [0.25, 0.3) is 0 Å². The Bertz CT molecular complexity index is 5240. The van der Waals surface area contributed by atoms with Crippen molar-refractivity contribution in [3.05, 3.63) is 181 Å². The lowest BCUT2D eigenvalue weighted by Gasteiger charge is -2.64.